The van der Waals surface area contributed by atoms with Crippen molar-refractivity contribution in [3.8, 4) is 0 Å². The average Bonchev–Trinajstić information content (AvgIpc) is 3.10. The first kappa shape index (κ1) is 15.7. The van der Waals surface area contributed by atoms with Gasteiger partial charge in [0.15, 0.2) is 0 Å². The molecule has 0 unspecified atom stereocenters. The van der Waals surface area contributed by atoms with Gasteiger partial charge in [0.1, 0.15) is 0 Å². The summed E-state index contributed by atoms with van der Waals surface area (Å²) >= 11 is 0. The summed E-state index contributed by atoms with van der Waals surface area (Å²) in [6.07, 6.45) is 9.62. The van der Waals surface area contributed by atoms with Gasteiger partial charge >= 0.3 is 0 Å². The van der Waals surface area contributed by atoms with Crippen molar-refractivity contribution in [2.45, 2.75) is 31.7 Å². The number of hydrogen-bond acceptors (Lipinski definition) is 4. The topological polar surface area (TPSA) is 63.9 Å². The lowest BCUT2D eigenvalue weighted by Crippen LogP contribution is -2.39. The number of hydrogen-bond donors (Lipinski definition) is 0. The molecule has 6 nitrogen and oxygen atoms in total. The zero-order valence-electron chi connectivity index (χ0n) is 14.1. The quantitative estimate of drug-likeness (QED) is 0.735. The zero-order chi connectivity index (χ0) is 17.1. The Kier molecular flexibility index (Phi) is 4.41. The van der Waals surface area contributed by atoms with E-state index >= 15 is 0 Å². The molecule has 0 saturated carbocycles. The van der Waals surface area contributed by atoms with Gasteiger partial charge in [0.25, 0.3) is 0 Å². The third-order valence-corrected chi connectivity index (χ3v) is 4.86. The maximum Gasteiger partial charge on any atom is 0.224 e. The van der Waals surface area contributed by atoms with E-state index in [9.17, 15) is 4.79 Å². The van der Waals surface area contributed by atoms with Crippen LogP contribution in [0.1, 0.15) is 30.9 Å². The van der Waals surface area contributed by atoms with Crippen molar-refractivity contribution in [2.24, 2.45) is 0 Å². The van der Waals surface area contributed by atoms with Crippen molar-refractivity contribution >= 4 is 16.8 Å². The summed E-state index contributed by atoms with van der Waals surface area (Å²) in [7, 11) is 0. The van der Waals surface area contributed by atoms with Crippen LogP contribution in [0.25, 0.3) is 10.9 Å². The molecule has 1 aromatic carbocycles. The molecule has 2 aromatic heterocycles. The van der Waals surface area contributed by atoms with Crippen molar-refractivity contribution in [1.82, 2.24) is 24.6 Å². The molecule has 128 valence electrons. The smallest absolute Gasteiger partial charge is 0.224 e. The van der Waals surface area contributed by atoms with Gasteiger partial charge in [-0.3, -0.25) is 19.4 Å². The van der Waals surface area contributed by atoms with Crippen LogP contribution in [0, 0.1) is 0 Å². The van der Waals surface area contributed by atoms with E-state index in [1.807, 2.05) is 46.2 Å². The molecule has 0 spiro atoms. The van der Waals surface area contributed by atoms with Gasteiger partial charge in [-0.2, -0.15) is 5.10 Å². The molecule has 1 atom stereocenters. The molecule has 6 heteroatoms. The predicted octanol–water partition coefficient (Wildman–Crippen LogP) is 2.62. The highest BCUT2D eigenvalue weighted by molar-refractivity contribution is 5.79. The van der Waals surface area contributed by atoms with Crippen molar-refractivity contribution in [2.75, 3.05) is 13.1 Å². The van der Waals surface area contributed by atoms with Crippen molar-refractivity contribution in [3.05, 3.63) is 54.7 Å². The summed E-state index contributed by atoms with van der Waals surface area (Å²) in [4.78, 5) is 23.2. The molecule has 1 aliphatic rings. The van der Waals surface area contributed by atoms with Gasteiger partial charge in [-0.15, -0.1) is 0 Å². The van der Waals surface area contributed by atoms with Crippen molar-refractivity contribution in [1.29, 1.82) is 0 Å². The van der Waals surface area contributed by atoms with E-state index in [1.165, 1.54) is 0 Å². The Morgan fingerprint density at radius 3 is 3.00 bits per heavy atom. The fourth-order valence-electron chi connectivity index (χ4n) is 3.53. The molecule has 0 radical (unpaired) electrons. The number of nitrogens with zero attached hydrogens (tertiary/aromatic N) is 5. The number of para-hydroxylation sites is 1. The van der Waals surface area contributed by atoms with Crippen LogP contribution in [0.15, 0.2) is 49.1 Å². The molecule has 0 aliphatic carbocycles. The molecule has 3 heterocycles. The number of likely N-dealkylation sites (tertiary alicyclic amines) is 1. The first-order chi connectivity index (χ1) is 12.3. The second-order valence-corrected chi connectivity index (χ2v) is 6.49. The number of carbonyl (C=O) groups is 1. The van der Waals surface area contributed by atoms with Crippen LogP contribution in [-0.2, 0) is 11.3 Å². The summed E-state index contributed by atoms with van der Waals surface area (Å²) in [5.74, 6) is 0.477. The van der Waals surface area contributed by atoms with Crippen molar-refractivity contribution in [3.63, 3.8) is 0 Å². The Labute approximate surface area is 146 Å². The Balaban J connectivity index is 1.39. The summed E-state index contributed by atoms with van der Waals surface area (Å²) in [6.45, 7) is 2.17. The number of piperidine rings is 1. The highest BCUT2D eigenvalue weighted by Crippen LogP contribution is 2.25. The van der Waals surface area contributed by atoms with Gasteiger partial charge in [-0.1, -0.05) is 18.2 Å². The summed E-state index contributed by atoms with van der Waals surface area (Å²) in [5.41, 5.74) is 2.06. The minimum absolute atomic E-state index is 0.188. The molecule has 0 bridgehead atoms. The van der Waals surface area contributed by atoms with E-state index in [0.717, 1.165) is 42.5 Å². The molecular weight excluding hydrogens is 314 g/mol. The Hall–Kier alpha value is -2.76. The number of carbonyl (C=O) groups excluding carboxylic acids is 1. The Morgan fingerprint density at radius 1 is 1.20 bits per heavy atom. The van der Waals surface area contributed by atoms with E-state index in [2.05, 4.69) is 15.1 Å². The third-order valence-electron chi connectivity index (χ3n) is 4.86. The number of aryl methyl sites for hydroxylation is 1. The van der Waals surface area contributed by atoms with Gasteiger partial charge < -0.3 is 4.90 Å². The number of fused-ring (bicyclic) bond motifs is 1. The third kappa shape index (κ3) is 3.38. The standard InChI is InChI=1S/C19H21N5O/c25-19(7-11-24-18-6-2-1-4-15(18)12-22-24)23-10-3-5-16(14-23)17-13-20-8-9-21-17/h1-2,4,6,8-9,12-13,16H,3,5,7,10-11,14H2/t16-/m0/s1. The number of rotatable bonds is 4. The summed E-state index contributed by atoms with van der Waals surface area (Å²) < 4.78 is 1.91. The van der Waals surface area contributed by atoms with Crippen LogP contribution in [0.3, 0.4) is 0 Å². The van der Waals surface area contributed by atoms with E-state index in [-0.39, 0.29) is 11.8 Å². The van der Waals surface area contributed by atoms with Gasteiger partial charge in [0, 0.05) is 49.4 Å². The molecular formula is C19H21N5O. The highest BCUT2D eigenvalue weighted by atomic mass is 16.2. The molecule has 3 aromatic rings. The first-order valence-electron chi connectivity index (χ1n) is 8.75. The van der Waals surface area contributed by atoms with Gasteiger partial charge in [-0.05, 0) is 18.9 Å². The van der Waals surface area contributed by atoms with Gasteiger partial charge in [-0.25, -0.2) is 0 Å². The number of benzene rings is 1. The fourth-order valence-corrected chi connectivity index (χ4v) is 3.53. The average molecular weight is 335 g/mol. The first-order valence-corrected chi connectivity index (χ1v) is 8.75. The SMILES string of the molecule is O=C(CCn1ncc2ccccc21)N1CCC[C@H](c2cnccn2)C1. The molecule has 1 aliphatic heterocycles. The van der Waals surface area contributed by atoms with Crippen LogP contribution >= 0.6 is 0 Å². The molecule has 1 saturated heterocycles. The second kappa shape index (κ2) is 7.01. The van der Waals surface area contributed by atoms with Crippen LogP contribution < -0.4 is 0 Å². The zero-order valence-corrected chi connectivity index (χ0v) is 14.1. The van der Waals surface area contributed by atoms with Crippen LogP contribution in [0.4, 0.5) is 0 Å². The minimum atomic E-state index is 0.188. The van der Waals surface area contributed by atoms with E-state index < -0.39 is 0 Å². The normalized spacial score (nSPS) is 17.8. The summed E-state index contributed by atoms with van der Waals surface area (Å²) in [6, 6.07) is 8.08. The molecule has 4 rings (SSSR count). The summed E-state index contributed by atoms with van der Waals surface area (Å²) in [5, 5.41) is 5.51. The Morgan fingerprint density at radius 2 is 2.12 bits per heavy atom. The lowest BCUT2D eigenvalue weighted by atomic mass is 9.95. The maximum absolute atomic E-state index is 12.7. The lowest BCUT2D eigenvalue weighted by molar-refractivity contribution is -0.132. The maximum atomic E-state index is 12.7. The molecule has 1 amide bonds. The molecule has 25 heavy (non-hydrogen) atoms. The van der Waals surface area contributed by atoms with Crippen LogP contribution in [0.5, 0.6) is 0 Å². The van der Waals surface area contributed by atoms with Crippen LogP contribution in [-0.4, -0.2) is 43.6 Å². The largest absolute Gasteiger partial charge is 0.342 e. The highest BCUT2D eigenvalue weighted by Gasteiger charge is 2.25. The van der Waals surface area contributed by atoms with Crippen molar-refractivity contribution < 1.29 is 4.79 Å². The van der Waals surface area contributed by atoms with Crippen LogP contribution in [0.2, 0.25) is 0 Å². The fraction of sp³-hybridized carbons (Fsp3) is 0.368. The minimum Gasteiger partial charge on any atom is -0.342 e. The predicted molar refractivity (Wildman–Crippen MR) is 94.9 cm³/mol. The molecule has 1 fully saturated rings. The second-order valence-electron chi connectivity index (χ2n) is 6.49. The van der Waals surface area contributed by atoms with E-state index in [4.69, 9.17) is 0 Å². The Bertz CT molecular complexity index is 860. The van der Waals surface area contributed by atoms with E-state index in [0.29, 0.717) is 13.0 Å². The monoisotopic (exact) mass is 335 g/mol. The molecule has 0 N–H and O–H groups in total. The lowest BCUT2D eigenvalue weighted by Gasteiger charge is -2.32. The van der Waals surface area contributed by atoms with E-state index in [1.54, 1.807) is 12.4 Å². The number of amides is 1. The van der Waals surface area contributed by atoms with Gasteiger partial charge in [0.2, 0.25) is 5.91 Å². The van der Waals surface area contributed by atoms with Gasteiger partial charge in [0.05, 0.1) is 24.0 Å². The number of aromatic nitrogens is 4.